The molecule has 0 saturated carbocycles. The Labute approximate surface area is 323 Å². The number of pyridine rings is 3. The fourth-order valence-electron chi connectivity index (χ4n) is 7.36. The van der Waals surface area contributed by atoms with Crippen LogP contribution >= 0.6 is 11.3 Å². The van der Waals surface area contributed by atoms with E-state index in [9.17, 15) is 0 Å². The van der Waals surface area contributed by atoms with Crippen molar-refractivity contribution in [3.05, 3.63) is 200 Å². The van der Waals surface area contributed by atoms with E-state index in [-0.39, 0.29) is 0 Å². The molecule has 10 rings (SSSR count). The Hall–Kier alpha value is -7.01. The molecule has 0 aliphatic rings. The predicted octanol–water partition coefficient (Wildman–Crippen LogP) is 13.9. The Morgan fingerprint density at radius 3 is 1.38 bits per heavy atom. The maximum Gasteiger partial charge on any atom is 0.0902 e. The lowest BCUT2D eigenvalue weighted by Crippen LogP contribution is -1.91. The van der Waals surface area contributed by atoms with Crippen molar-refractivity contribution in [3.63, 3.8) is 0 Å². The van der Waals surface area contributed by atoms with Crippen molar-refractivity contribution in [1.29, 1.82) is 0 Å². The van der Waals surface area contributed by atoms with Gasteiger partial charge in [0.05, 0.1) is 27.3 Å². The molecule has 0 spiro atoms. The fourth-order valence-corrected chi connectivity index (χ4v) is 8.54. The Morgan fingerprint density at radius 2 is 0.800 bits per heavy atom. The van der Waals surface area contributed by atoms with Crippen LogP contribution in [0.2, 0.25) is 0 Å². The second-order valence-corrected chi connectivity index (χ2v) is 14.7. The zero-order chi connectivity index (χ0) is 36.6. The highest BCUT2D eigenvalue weighted by atomic mass is 32.1. The Bertz CT molecular complexity index is 2820. The number of hydrogen-bond donors (Lipinski definition) is 0. The largest absolute Gasteiger partial charge is 0.256 e. The average molecular weight is 720 g/mol. The van der Waals surface area contributed by atoms with Gasteiger partial charge in [-0.1, -0.05) is 133 Å². The van der Waals surface area contributed by atoms with Crippen molar-refractivity contribution in [2.75, 3.05) is 0 Å². The molecule has 4 heteroatoms. The van der Waals surface area contributed by atoms with Crippen molar-refractivity contribution in [1.82, 2.24) is 15.0 Å². The van der Waals surface area contributed by atoms with Crippen LogP contribution in [0.15, 0.2) is 200 Å². The van der Waals surface area contributed by atoms with Gasteiger partial charge < -0.3 is 0 Å². The van der Waals surface area contributed by atoms with Gasteiger partial charge in [0, 0.05) is 44.7 Å². The number of fused-ring (bicyclic) bond motifs is 3. The zero-order valence-corrected chi connectivity index (χ0v) is 30.6. The molecule has 3 nitrogen and oxygen atoms in total. The molecule has 258 valence electrons. The Morgan fingerprint density at radius 1 is 0.327 bits per heavy atom. The van der Waals surface area contributed by atoms with Crippen LogP contribution in [0, 0.1) is 0 Å². The second-order valence-electron chi connectivity index (χ2n) is 13.7. The van der Waals surface area contributed by atoms with Crippen LogP contribution in [0.5, 0.6) is 0 Å². The van der Waals surface area contributed by atoms with E-state index in [2.05, 4.69) is 162 Å². The van der Waals surface area contributed by atoms with E-state index in [0.717, 1.165) is 61.5 Å². The van der Waals surface area contributed by atoms with E-state index in [1.54, 1.807) is 0 Å². The lowest BCUT2D eigenvalue weighted by Gasteiger charge is -2.14. The quantitative estimate of drug-likeness (QED) is 0.165. The number of rotatable bonds is 7. The minimum atomic E-state index is 0.941. The van der Waals surface area contributed by atoms with Gasteiger partial charge in [-0.05, 0) is 93.5 Å². The average Bonchev–Trinajstić information content (AvgIpc) is 3.66. The number of aromatic nitrogens is 3. The first-order valence-electron chi connectivity index (χ1n) is 18.4. The third kappa shape index (κ3) is 6.39. The minimum absolute atomic E-state index is 0.941. The highest BCUT2D eigenvalue weighted by Crippen LogP contribution is 2.42. The summed E-state index contributed by atoms with van der Waals surface area (Å²) < 4.78 is 2.43. The van der Waals surface area contributed by atoms with Crippen molar-refractivity contribution < 1.29 is 0 Å². The summed E-state index contributed by atoms with van der Waals surface area (Å²) >= 11 is 1.81. The van der Waals surface area contributed by atoms with E-state index in [4.69, 9.17) is 4.98 Å². The van der Waals surface area contributed by atoms with Gasteiger partial charge in [-0.25, -0.2) is 4.98 Å². The van der Waals surface area contributed by atoms with E-state index < -0.39 is 0 Å². The third-order valence-corrected chi connectivity index (χ3v) is 11.4. The van der Waals surface area contributed by atoms with Gasteiger partial charge in [-0.15, -0.1) is 11.3 Å². The molecule has 55 heavy (non-hydrogen) atoms. The van der Waals surface area contributed by atoms with Crippen LogP contribution in [-0.4, -0.2) is 15.0 Å². The molecular formula is C51H33N3S. The molecule has 0 bridgehead atoms. The van der Waals surface area contributed by atoms with E-state index in [1.807, 2.05) is 60.1 Å². The van der Waals surface area contributed by atoms with Crippen LogP contribution in [0.25, 0.3) is 98.6 Å². The van der Waals surface area contributed by atoms with Crippen LogP contribution in [0.1, 0.15) is 0 Å². The smallest absolute Gasteiger partial charge is 0.0902 e. The molecule has 0 aliphatic heterocycles. The van der Waals surface area contributed by atoms with Crippen molar-refractivity contribution in [2.45, 2.75) is 0 Å². The van der Waals surface area contributed by atoms with Crippen molar-refractivity contribution >= 4 is 31.6 Å². The predicted molar refractivity (Wildman–Crippen MR) is 231 cm³/mol. The molecule has 10 aromatic rings. The van der Waals surface area contributed by atoms with Crippen LogP contribution in [0.3, 0.4) is 0 Å². The molecule has 0 N–H and O–H groups in total. The van der Waals surface area contributed by atoms with E-state index >= 15 is 0 Å². The summed E-state index contributed by atoms with van der Waals surface area (Å²) in [5.74, 6) is 0. The molecule has 0 atom stereocenters. The molecule has 0 fully saturated rings. The highest BCUT2D eigenvalue weighted by molar-refractivity contribution is 7.26. The summed E-state index contributed by atoms with van der Waals surface area (Å²) in [5.41, 5.74) is 16.4. The molecule has 0 saturated heterocycles. The van der Waals surface area contributed by atoms with Gasteiger partial charge in [-0.3, -0.25) is 9.97 Å². The molecular weight excluding hydrogens is 687 g/mol. The summed E-state index contributed by atoms with van der Waals surface area (Å²) in [5, 5.41) is 1.18. The maximum absolute atomic E-state index is 5.46. The summed E-state index contributed by atoms with van der Waals surface area (Å²) in [6, 6.07) is 66.7. The second kappa shape index (κ2) is 14.1. The normalized spacial score (nSPS) is 11.3. The number of benzene rings is 6. The topological polar surface area (TPSA) is 38.7 Å². The molecule has 0 amide bonds. The molecule has 0 aliphatic carbocycles. The standard InChI is InChI=1S/C51H33N3S/c1-2-10-34(11-3-1)35-16-22-38(23-17-35)45-33-48(54-50-44-12-4-5-15-49(44)55-51(45)50)43-31-41(36-18-24-39(25-19-36)46-13-6-8-28-52-46)30-42(32-43)37-20-26-40(27-21-37)47-14-7-9-29-53-47/h1-33H. The summed E-state index contributed by atoms with van der Waals surface area (Å²) in [6.07, 6.45) is 3.68. The van der Waals surface area contributed by atoms with Gasteiger partial charge in [-0.2, -0.15) is 0 Å². The van der Waals surface area contributed by atoms with Crippen molar-refractivity contribution in [2.24, 2.45) is 0 Å². The summed E-state index contributed by atoms with van der Waals surface area (Å²) in [4.78, 5) is 14.6. The number of thiophene rings is 1. The first-order chi connectivity index (χ1) is 27.2. The summed E-state index contributed by atoms with van der Waals surface area (Å²) in [6.45, 7) is 0. The van der Waals surface area contributed by atoms with Gasteiger partial charge in [0.1, 0.15) is 0 Å². The zero-order valence-electron chi connectivity index (χ0n) is 29.8. The Balaban J connectivity index is 1.14. The number of hydrogen-bond acceptors (Lipinski definition) is 4. The maximum atomic E-state index is 5.46. The molecule has 0 radical (unpaired) electrons. The molecule has 6 aromatic carbocycles. The van der Waals surface area contributed by atoms with Crippen LogP contribution in [0.4, 0.5) is 0 Å². The van der Waals surface area contributed by atoms with Gasteiger partial charge in [0.2, 0.25) is 0 Å². The van der Waals surface area contributed by atoms with E-state index in [1.165, 1.54) is 37.0 Å². The SMILES string of the molecule is c1ccc(-c2ccc(-c3cc(-c4cc(-c5ccc(-c6ccccn6)cc5)cc(-c5ccc(-c6ccccn6)cc5)c4)nc4c3sc3ccccc34)cc2)cc1. The summed E-state index contributed by atoms with van der Waals surface area (Å²) in [7, 11) is 0. The first-order valence-corrected chi connectivity index (χ1v) is 19.2. The van der Waals surface area contributed by atoms with Gasteiger partial charge in [0.25, 0.3) is 0 Å². The van der Waals surface area contributed by atoms with Crippen molar-refractivity contribution in [3.8, 4) is 78.3 Å². The minimum Gasteiger partial charge on any atom is -0.256 e. The molecule has 4 heterocycles. The first kappa shape index (κ1) is 32.6. The van der Waals surface area contributed by atoms with Crippen LogP contribution in [-0.2, 0) is 0 Å². The Kier molecular flexibility index (Phi) is 8.36. The van der Waals surface area contributed by atoms with Gasteiger partial charge >= 0.3 is 0 Å². The van der Waals surface area contributed by atoms with Crippen LogP contribution < -0.4 is 0 Å². The van der Waals surface area contributed by atoms with Gasteiger partial charge in [0.15, 0.2) is 0 Å². The number of nitrogens with zero attached hydrogens (tertiary/aromatic N) is 3. The molecule has 4 aromatic heterocycles. The van der Waals surface area contributed by atoms with E-state index in [0.29, 0.717) is 0 Å². The monoisotopic (exact) mass is 719 g/mol. The molecule has 0 unspecified atom stereocenters. The fraction of sp³-hybridized carbons (Fsp3) is 0. The lowest BCUT2D eigenvalue weighted by atomic mass is 9.92. The lowest BCUT2D eigenvalue weighted by molar-refractivity contribution is 1.33. The highest BCUT2D eigenvalue weighted by Gasteiger charge is 2.17. The third-order valence-electron chi connectivity index (χ3n) is 10.2.